The first-order valence-corrected chi connectivity index (χ1v) is 12.1. The van der Waals surface area contributed by atoms with Crippen LogP contribution in [0.3, 0.4) is 0 Å². The molecule has 4 atom stereocenters. The van der Waals surface area contributed by atoms with Crippen molar-refractivity contribution in [2.75, 3.05) is 14.2 Å². The summed E-state index contributed by atoms with van der Waals surface area (Å²) in [6.45, 7) is 9.75. The van der Waals surface area contributed by atoms with Crippen LogP contribution in [0.2, 0.25) is 0 Å². The average molecular weight is 536 g/mol. The maximum atomic E-state index is 12.9. The number of aromatic nitrogens is 1. The number of hydrogen-bond donors (Lipinski definition) is 4. The predicted octanol–water partition coefficient (Wildman–Crippen LogP) is -0.0542. The highest BCUT2D eigenvalue weighted by Crippen LogP contribution is 2.08. The molecule has 0 bridgehead atoms. The summed E-state index contributed by atoms with van der Waals surface area (Å²) in [5.41, 5.74) is -0.274. The van der Waals surface area contributed by atoms with Crippen LogP contribution < -0.4 is 21.3 Å². The first-order valence-electron chi connectivity index (χ1n) is 12.1. The molecular formula is C25H37N5O8. The van der Waals surface area contributed by atoms with Gasteiger partial charge in [-0.25, -0.2) is 14.6 Å². The van der Waals surface area contributed by atoms with E-state index < -0.39 is 59.7 Å². The average Bonchev–Trinajstić information content (AvgIpc) is 2.88. The summed E-state index contributed by atoms with van der Waals surface area (Å²) >= 11 is 0. The second-order valence-electron chi connectivity index (χ2n) is 9.31. The molecule has 1 rings (SSSR count). The maximum absolute atomic E-state index is 12.9. The number of nitrogens with zero attached hydrogens (tertiary/aromatic N) is 1. The monoisotopic (exact) mass is 535 g/mol. The molecule has 4 amide bonds. The van der Waals surface area contributed by atoms with Gasteiger partial charge in [-0.2, -0.15) is 0 Å². The van der Waals surface area contributed by atoms with Gasteiger partial charge in [0, 0.05) is 0 Å². The summed E-state index contributed by atoms with van der Waals surface area (Å²) in [6, 6.07) is 0.325. The molecule has 1 aromatic rings. The lowest BCUT2D eigenvalue weighted by atomic mass is 10.0. The first kappa shape index (κ1) is 32.0. The molecule has 4 N–H and O–H groups in total. The van der Waals surface area contributed by atoms with E-state index >= 15 is 0 Å². The Morgan fingerprint density at radius 3 is 1.26 bits per heavy atom. The van der Waals surface area contributed by atoms with Crippen LogP contribution in [0.4, 0.5) is 0 Å². The Labute approximate surface area is 221 Å². The highest BCUT2D eigenvalue weighted by atomic mass is 16.5. The van der Waals surface area contributed by atoms with E-state index in [0.717, 1.165) is 0 Å². The molecule has 38 heavy (non-hydrogen) atoms. The van der Waals surface area contributed by atoms with Gasteiger partial charge in [0.1, 0.15) is 35.6 Å². The van der Waals surface area contributed by atoms with Crippen molar-refractivity contribution in [1.82, 2.24) is 26.3 Å². The quantitative estimate of drug-likeness (QED) is 0.267. The zero-order valence-electron chi connectivity index (χ0n) is 22.9. The summed E-state index contributed by atoms with van der Waals surface area (Å²) in [6.07, 6.45) is 0. The molecule has 1 heterocycles. The molecule has 13 heteroatoms. The molecule has 0 saturated carbocycles. The van der Waals surface area contributed by atoms with Crippen molar-refractivity contribution in [3.63, 3.8) is 0 Å². The molecule has 0 spiro atoms. The topological polar surface area (TPSA) is 182 Å². The molecular weight excluding hydrogens is 498 g/mol. The van der Waals surface area contributed by atoms with E-state index in [0.29, 0.717) is 0 Å². The number of carbonyl (C=O) groups excluding carboxylic acids is 6. The number of hydrogen-bond acceptors (Lipinski definition) is 9. The van der Waals surface area contributed by atoms with Gasteiger partial charge in [-0.3, -0.25) is 19.2 Å². The van der Waals surface area contributed by atoms with E-state index in [4.69, 9.17) is 0 Å². The third kappa shape index (κ3) is 9.12. The van der Waals surface area contributed by atoms with Crippen LogP contribution in [0.25, 0.3) is 0 Å². The molecule has 13 nitrogen and oxygen atoms in total. The first-order chi connectivity index (χ1) is 17.7. The van der Waals surface area contributed by atoms with E-state index in [-0.39, 0.29) is 23.2 Å². The third-order valence-electron chi connectivity index (χ3n) is 5.51. The molecule has 0 aliphatic carbocycles. The number of nitrogens with one attached hydrogen (secondary N) is 4. The van der Waals surface area contributed by atoms with Crippen LogP contribution in [0, 0.1) is 11.8 Å². The fraction of sp³-hybridized carbons (Fsp3) is 0.560. The number of esters is 2. The van der Waals surface area contributed by atoms with E-state index in [9.17, 15) is 28.8 Å². The number of amides is 4. The Morgan fingerprint density at radius 2 is 0.974 bits per heavy atom. The Balaban J connectivity index is 3.01. The van der Waals surface area contributed by atoms with Gasteiger partial charge < -0.3 is 30.7 Å². The zero-order valence-corrected chi connectivity index (χ0v) is 22.9. The van der Waals surface area contributed by atoms with Crippen molar-refractivity contribution in [2.24, 2.45) is 11.8 Å². The minimum Gasteiger partial charge on any atom is -0.467 e. The summed E-state index contributed by atoms with van der Waals surface area (Å²) in [5.74, 6) is -4.57. The number of rotatable bonds is 12. The smallest absolute Gasteiger partial charge is 0.328 e. The zero-order chi connectivity index (χ0) is 29.2. The summed E-state index contributed by atoms with van der Waals surface area (Å²) in [5, 5.41) is 10.1. The summed E-state index contributed by atoms with van der Waals surface area (Å²) < 4.78 is 9.19. The molecule has 1 aromatic heterocycles. The summed E-state index contributed by atoms with van der Waals surface area (Å²) in [4.78, 5) is 78.4. The van der Waals surface area contributed by atoms with Crippen LogP contribution in [-0.4, -0.2) is 78.9 Å². The molecule has 0 aromatic carbocycles. The van der Waals surface area contributed by atoms with Crippen molar-refractivity contribution in [2.45, 2.75) is 65.7 Å². The van der Waals surface area contributed by atoms with Crippen molar-refractivity contribution < 1.29 is 38.2 Å². The van der Waals surface area contributed by atoms with Gasteiger partial charge in [-0.1, -0.05) is 33.8 Å². The van der Waals surface area contributed by atoms with Crippen LogP contribution >= 0.6 is 0 Å². The molecule has 210 valence electrons. The van der Waals surface area contributed by atoms with Crippen LogP contribution in [-0.2, 0) is 28.7 Å². The van der Waals surface area contributed by atoms with Gasteiger partial charge in [0.2, 0.25) is 11.8 Å². The van der Waals surface area contributed by atoms with Crippen molar-refractivity contribution in [1.29, 1.82) is 0 Å². The van der Waals surface area contributed by atoms with Crippen molar-refractivity contribution in [3.05, 3.63) is 29.6 Å². The number of pyridine rings is 1. The number of ether oxygens (including phenoxy) is 2. The van der Waals surface area contributed by atoms with Gasteiger partial charge in [0.25, 0.3) is 11.8 Å². The van der Waals surface area contributed by atoms with Crippen molar-refractivity contribution >= 4 is 35.6 Å². The Morgan fingerprint density at radius 1 is 0.632 bits per heavy atom. The van der Waals surface area contributed by atoms with Crippen molar-refractivity contribution in [3.8, 4) is 0 Å². The fourth-order valence-corrected chi connectivity index (χ4v) is 3.27. The molecule has 0 unspecified atom stereocenters. The van der Waals surface area contributed by atoms with Gasteiger partial charge in [-0.15, -0.1) is 0 Å². The predicted molar refractivity (Wildman–Crippen MR) is 136 cm³/mol. The lowest BCUT2D eigenvalue weighted by molar-refractivity contribution is -0.145. The lowest BCUT2D eigenvalue weighted by Gasteiger charge is -2.24. The lowest BCUT2D eigenvalue weighted by Crippen LogP contribution is -2.53. The van der Waals surface area contributed by atoms with E-state index in [1.54, 1.807) is 27.7 Å². The highest BCUT2D eigenvalue weighted by Gasteiger charge is 2.30. The largest absolute Gasteiger partial charge is 0.467 e. The van der Waals surface area contributed by atoms with E-state index in [2.05, 4.69) is 35.7 Å². The molecule has 0 saturated heterocycles. The van der Waals surface area contributed by atoms with Crippen LogP contribution in [0.1, 0.15) is 62.5 Å². The van der Waals surface area contributed by atoms with E-state index in [1.807, 2.05) is 0 Å². The molecule has 0 fully saturated rings. The molecule has 0 aliphatic rings. The SMILES string of the molecule is COC(=O)[C@@H](C)NC(=O)[C@H](NC(=O)c1cccc(C(=O)N[C@@H](C(=O)N[C@H](C)C(=O)OC)C(C)C)n1)C(C)C. The number of methoxy groups -OCH3 is 2. The van der Waals surface area contributed by atoms with E-state index in [1.165, 1.54) is 46.3 Å². The van der Waals surface area contributed by atoms with Gasteiger partial charge in [-0.05, 0) is 37.8 Å². The second-order valence-corrected chi connectivity index (χ2v) is 9.31. The fourth-order valence-electron chi connectivity index (χ4n) is 3.27. The normalized spacial score (nSPS) is 13.9. The van der Waals surface area contributed by atoms with Gasteiger partial charge in [0.05, 0.1) is 14.2 Å². The highest BCUT2D eigenvalue weighted by molar-refractivity contribution is 6.00. The Kier molecular flexibility index (Phi) is 12.3. The van der Waals surface area contributed by atoms with Crippen LogP contribution in [0.15, 0.2) is 18.2 Å². The van der Waals surface area contributed by atoms with Crippen LogP contribution in [0.5, 0.6) is 0 Å². The third-order valence-corrected chi connectivity index (χ3v) is 5.51. The standard InChI is InChI=1S/C25H37N5O8/c1-12(2)18(22(33)26-14(5)24(35)37-7)29-20(31)16-10-9-11-17(28-16)21(32)30-19(13(3)4)23(34)27-15(6)25(36)38-8/h9-15,18-19H,1-8H3,(H,26,33)(H,27,34)(H,29,31)(H,30,32)/t14-,15-,18-,19-/m1/s1. The van der Waals surface area contributed by atoms with Gasteiger partial charge in [0.15, 0.2) is 0 Å². The Hall–Kier alpha value is -4.03. The second kappa shape index (κ2) is 14.6. The molecule has 0 aliphatic heterocycles. The maximum Gasteiger partial charge on any atom is 0.328 e. The molecule has 0 radical (unpaired) electrons. The van der Waals surface area contributed by atoms with Gasteiger partial charge >= 0.3 is 11.9 Å². The minimum atomic E-state index is -1.00. The number of carbonyl (C=O) groups is 6. The Bertz CT molecular complexity index is 965. The summed E-state index contributed by atoms with van der Waals surface area (Å²) in [7, 11) is 2.39. The minimum absolute atomic E-state index is 0.137.